The van der Waals surface area contributed by atoms with Gasteiger partial charge in [-0.1, -0.05) is 73.6 Å². The lowest BCUT2D eigenvalue weighted by Crippen LogP contribution is -2.39. The van der Waals surface area contributed by atoms with Crippen molar-refractivity contribution in [3.63, 3.8) is 0 Å². The minimum absolute atomic E-state index is 0.0655. The number of thiocarbonyl (C=S) groups is 1. The molecule has 0 N–H and O–H groups in total. The zero-order valence-electron chi connectivity index (χ0n) is 20.7. The van der Waals surface area contributed by atoms with Crippen LogP contribution in [0.15, 0.2) is 70.6 Å². The molecule has 2 heterocycles. The molecular weight excluding hydrogens is 525 g/mol. The number of para-hydroxylation sites is 1. The van der Waals surface area contributed by atoms with Crippen LogP contribution >= 0.6 is 24.0 Å². The summed E-state index contributed by atoms with van der Waals surface area (Å²) in [4.78, 5) is 16.0. The Labute approximate surface area is 227 Å². The van der Waals surface area contributed by atoms with Crippen molar-refractivity contribution in [1.29, 1.82) is 0 Å². The van der Waals surface area contributed by atoms with Gasteiger partial charge in [0.2, 0.25) is 10.0 Å². The molecule has 2 aromatic carbocycles. The first kappa shape index (κ1) is 25.8. The second-order valence-electron chi connectivity index (χ2n) is 9.37. The van der Waals surface area contributed by atoms with E-state index in [2.05, 4.69) is 0 Å². The van der Waals surface area contributed by atoms with Crippen molar-refractivity contribution in [1.82, 2.24) is 19.0 Å². The van der Waals surface area contributed by atoms with Crippen molar-refractivity contribution in [2.75, 3.05) is 14.1 Å². The highest BCUT2D eigenvalue weighted by Crippen LogP contribution is 2.38. The fourth-order valence-electron chi connectivity index (χ4n) is 4.72. The second kappa shape index (κ2) is 10.5. The number of amides is 1. The number of carbonyl (C=O) groups is 1. The molecular formula is C27H28N4O3S3. The van der Waals surface area contributed by atoms with Crippen molar-refractivity contribution in [3.05, 3.63) is 71.3 Å². The van der Waals surface area contributed by atoms with E-state index in [1.165, 1.54) is 36.6 Å². The van der Waals surface area contributed by atoms with E-state index in [-0.39, 0.29) is 16.8 Å². The number of carbonyl (C=O) groups excluding carboxylic acids is 1. The van der Waals surface area contributed by atoms with Crippen molar-refractivity contribution in [3.8, 4) is 16.9 Å². The van der Waals surface area contributed by atoms with Crippen LogP contribution in [-0.4, -0.2) is 57.8 Å². The average Bonchev–Trinajstić information content (AvgIpc) is 3.45. The van der Waals surface area contributed by atoms with Crippen LogP contribution < -0.4 is 0 Å². The molecule has 0 bridgehead atoms. The van der Waals surface area contributed by atoms with Gasteiger partial charge in [-0.25, -0.2) is 17.4 Å². The van der Waals surface area contributed by atoms with E-state index < -0.39 is 10.0 Å². The van der Waals surface area contributed by atoms with E-state index in [0.29, 0.717) is 26.0 Å². The molecule has 37 heavy (non-hydrogen) atoms. The Morgan fingerprint density at radius 1 is 1.05 bits per heavy atom. The molecule has 10 heteroatoms. The van der Waals surface area contributed by atoms with Crippen LogP contribution in [-0.2, 0) is 14.8 Å². The highest BCUT2D eigenvalue weighted by Gasteiger charge is 2.37. The van der Waals surface area contributed by atoms with E-state index in [1.807, 2.05) is 48.7 Å². The molecule has 1 aromatic heterocycles. The van der Waals surface area contributed by atoms with Gasteiger partial charge in [-0.15, -0.1) is 0 Å². The Hall–Kier alpha value is -2.79. The van der Waals surface area contributed by atoms with Crippen LogP contribution in [0.4, 0.5) is 0 Å². The average molecular weight is 553 g/mol. The number of sulfonamides is 1. The maximum atomic E-state index is 13.4. The molecule has 1 aliphatic heterocycles. The first-order chi connectivity index (χ1) is 17.8. The fourth-order valence-corrected chi connectivity index (χ4v) is 7.06. The molecule has 192 valence electrons. The van der Waals surface area contributed by atoms with E-state index in [9.17, 15) is 13.2 Å². The lowest BCUT2D eigenvalue weighted by atomic mass is 9.94. The third-order valence-corrected chi connectivity index (χ3v) is 9.84. The first-order valence-electron chi connectivity index (χ1n) is 12.2. The molecule has 1 saturated carbocycles. The van der Waals surface area contributed by atoms with Gasteiger partial charge in [0, 0.05) is 37.5 Å². The summed E-state index contributed by atoms with van der Waals surface area (Å²) in [6, 6.07) is 16.6. The third-order valence-electron chi connectivity index (χ3n) is 6.70. The standard InChI is InChI=1S/C27H28N4O3S3/c1-29(2)37(33,34)23-15-9-10-19(16-23)25-20(18-30(28-25)21-11-5-3-6-12-21)17-24-26(32)31(27(35)36-24)22-13-7-4-8-14-22/h3,5-6,9-12,15-18,22H,4,7-8,13-14H2,1-2H3/b24-17-. The third kappa shape index (κ3) is 5.16. The van der Waals surface area contributed by atoms with Crippen molar-refractivity contribution in [2.24, 2.45) is 0 Å². The summed E-state index contributed by atoms with van der Waals surface area (Å²) in [5.74, 6) is -0.0655. The van der Waals surface area contributed by atoms with Crippen LogP contribution in [0.1, 0.15) is 37.7 Å². The minimum atomic E-state index is -3.62. The van der Waals surface area contributed by atoms with Crippen LogP contribution in [0, 0.1) is 0 Å². The highest BCUT2D eigenvalue weighted by molar-refractivity contribution is 8.26. The SMILES string of the molecule is CN(C)S(=O)(=O)c1cccc(-c2nn(-c3ccccc3)cc2/C=C2\SC(=S)N(C3CCCCC3)C2=O)c1. The topological polar surface area (TPSA) is 75.5 Å². The summed E-state index contributed by atoms with van der Waals surface area (Å²) in [5, 5.41) is 4.81. The smallest absolute Gasteiger partial charge is 0.266 e. The van der Waals surface area contributed by atoms with Gasteiger partial charge in [-0.3, -0.25) is 9.69 Å². The normalized spacial score (nSPS) is 18.4. The van der Waals surface area contributed by atoms with Gasteiger partial charge in [0.15, 0.2) is 0 Å². The van der Waals surface area contributed by atoms with Crippen molar-refractivity contribution >= 4 is 50.3 Å². The second-order valence-corrected chi connectivity index (χ2v) is 13.2. The van der Waals surface area contributed by atoms with E-state index in [1.54, 1.807) is 27.8 Å². The monoisotopic (exact) mass is 552 g/mol. The van der Waals surface area contributed by atoms with Gasteiger partial charge in [-0.05, 0) is 43.2 Å². The van der Waals surface area contributed by atoms with Crippen molar-refractivity contribution in [2.45, 2.75) is 43.0 Å². The summed E-state index contributed by atoms with van der Waals surface area (Å²) >= 11 is 6.94. The maximum absolute atomic E-state index is 13.4. The van der Waals surface area contributed by atoms with Gasteiger partial charge >= 0.3 is 0 Å². The fraction of sp³-hybridized carbons (Fsp3) is 0.296. The number of rotatable bonds is 6. The molecule has 1 aliphatic carbocycles. The summed E-state index contributed by atoms with van der Waals surface area (Å²) in [6.45, 7) is 0. The van der Waals surface area contributed by atoms with Gasteiger partial charge < -0.3 is 0 Å². The molecule has 5 rings (SSSR count). The first-order valence-corrected chi connectivity index (χ1v) is 14.9. The van der Waals surface area contributed by atoms with Gasteiger partial charge in [0.05, 0.1) is 15.5 Å². The Kier molecular flexibility index (Phi) is 7.35. The van der Waals surface area contributed by atoms with Crippen molar-refractivity contribution < 1.29 is 13.2 Å². The number of thioether (sulfide) groups is 1. The molecule has 0 unspecified atom stereocenters. The summed E-state index contributed by atoms with van der Waals surface area (Å²) in [7, 11) is -0.611. The molecule has 1 saturated heterocycles. The highest BCUT2D eigenvalue weighted by atomic mass is 32.2. The zero-order valence-corrected chi connectivity index (χ0v) is 23.2. The predicted molar refractivity (Wildman–Crippen MR) is 152 cm³/mol. The Morgan fingerprint density at radius 2 is 1.78 bits per heavy atom. The lowest BCUT2D eigenvalue weighted by Gasteiger charge is -2.29. The van der Waals surface area contributed by atoms with Crippen LogP contribution in [0.5, 0.6) is 0 Å². The minimum Gasteiger partial charge on any atom is -0.290 e. The largest absolute Gasteiger partial charge is 0.290 e. The molecule has 0 spiro atoms. The molecule has 3 aromatic rings. The van der Waals surface area contributed by atoms with Gasteiger partial charge in [0.25, 0.3) is 5.91 Å². The number of hydrogen-bond acceptors (Lipinski definition) is 6. The van der Waals surface area contributed by atoms with Gasteiger partial charge in [0.1, 0.15) is 10.0 Å². The lowest BCUT2D eigenvalue weighted by molar-refractivity contribution is -0.124. The molecule has 2 fully saturated rings. The van der Waals surface area contributed by atoms with E-state index >= 15 is 0 Å². The van der Waals surface area contributed by atoms with E-state index in [0.717, 1.165) is 31.4 Å². The quantitative estimate of drug-likeness (QED) is 0.304. The van der Waals surface area contributed by atoms with E-state index in [4.69, 9.17) is 17.3 Å². The number of aromatic nitrogens is 2. The van der Waals surface area contributed by atoms with Gasteiger partial charge in [-0.2, -0.15) is 5.10 Å². The predicted octanol–water partition coefficient (Wildman–Crippen LogP) is 5.32. The van der Waals surface area contributed by atoms with Crippen LogP contribution in [0.3, 0.4) is 0 Å². The van der Waals surface area contributed by atoms with Crippen LogP contribution in [0.2, 0.25) is 0 Å². The number of nitrogens with zero attached hydrogens (tertiary/aromatic N) is 4. The molecule has 2 aliphatic rings. The Morgan fingerprint density at radius 3 is 2.49 bits per heavy atom. The number of hydrogen-bond donors (Lipinski definition) is 0. The molecule has 7 nitrogen and oxygen atoms in total. The summed E-state index contributed by atoms with van der Waals surface area (Å²) in [6.07, 6.45) is 9.07. The van der Waals surface area contributed by atoms with Crippen LogP contribution in [0.25, 0.3) is 23.0 Å². The molecule has 0 atom stereocenters. The zero-order chi connectivity index (χ0) is 26.2. The Balaban J connectivity index is 1.58. The summed E-state index contributed by atoms with van der Waals surface area (Å²) in [5.41, 5.74) is 2.80. The Bertz CT molecular complexity index is 1470. The number of benzene rings is 2. The molecule has 0 radical (unpaired) electrons. The molecule has 1 amide bonds. The summed E-state index contributed by atoms with van der Waals surface area (Å²) < 4.78 is 29.1. The maximum Gasteiger partial charge on any atom is 0.266 e.